The lowest BCUT2D eigenvalue weighted by molar-refractivity contribution is 0.307. The van der Waals surface area contributed by atoms with Gasteiger partial charge in [-0.25, -0.2) is 11.0 Å². The zero-order valence-electron chi connectivity index (χ0n) is 4.68. The molecule has 1 heterocycles. The summed E-state index contributed by atoms with van der Waals surface area (Å²) >= 11 is 0. The SMILES string of the molecule is CCC1N=NNNN1. The molecule has 1 rings (SSSR count). The van der Waals surface area contributed by atoms with Gasteiger partial charge in [0.25, 0.3) is 0 Å². The van der Waals surface area contributed by atoms with E-state index in [2.05, 4.69) is 26.8 Å². The zero-order chi connectivity index (χ0) is 5.82. The number of hydrogen-bond donors (Lipinski definition) is 3. The molecule has 5 nitrogen and oxygen atoms in total. The van der Waals surface area contributed by atoms with Crippen LogP contribution in [0, 0.1) is 0 Å². The Kier molecular flexibility index (Phi) is 1.76. The highest BCUT2D eigenvalue weighted by molar-refractivity contribution is 4.55. The molecule has 1 aliphatic rings. The van der Waals surface area contributed by atoms with E-state index in [1.807, 2.05) is 6.92 Å². The van der Waals surface area contributed by atoms with Crippen molar-refractivity contribution in [2.45, 2.75) is 19.5 Å². The van der Waals surface area contributed by atoms with E-state index >= 15 is 0 Å². The van der Waals surface area contributed by atoms with Crippen LogP contribution in [0.1, 0.15) is 13.3 Å². The Morgan fingerprint density at radius 2 is 2.50 bits per heavy atom. The lowest BCUT2D eigenvalue weighted by atomic mass is 10.4. The summed E-state index contributed by atoms with van der Waals surface area (Å²) < 4.78 is 0. The fourth-order valence-electron chi connectivity index (χ4n) is 0.452. The van der Waals surface area contributed by atoms with Gasteiger partial charge in [0.1, 0.15) is 6.17 Å². The molecule has 5 heteroatoms. The van der Waals surface area contributed by atoms with Gasteiger partial charge in [-0.2, -0.15) is 5.53 Å². The van der Waals surface area contributed by atoms with Gasteiger partial charge in [0.2, 0.25) is 0 Å². The molecule has 0 radical (unpaired) electrons. The highest BCUT2D eigenvalue weighted by atomic mass is 15.8. The van der Waals surface area contributed by atoms with Crippen molar-refractivity contribution >= 4 is 0 Å². The number of hydrogen-bond acceptors (Lipinski definition) is 5. The molecular weight excluding hydrogens is 106 g/mol. The van der Waals surface area contributed by atoms with Gasteiger partial charge >= 0.3 is 0 Å². The van der Waals surface area contributed by atoms with Crippen molar-refractivity contribution in [3.05, 3.63) is 0 Å². The second-order valence-electron chi connectivity index (χ2n) is 1.52. The Hall–Kier alpha value is -0.680. The highest BCUT2D eigenvalue weighted by Gasteiger charge is 2.03. The third-order valence-corrected chi connectivity index (χ3v) is 0.929. The summed E-state index contributed by atoms with van der Waals surface area (Å²) in [6.07, 6.45) is 1.06. The fraction of sp³-hybridized carbons (Fsp3) is 1.00. The van der Waals surface area contributed by atoms with E-state index in [-0.39, 0.29) is 6.17 Å². The van der Waals surface area contributed by atoms with Crippen molar-refractivity contribution in [2.75, 3.05) is 0 Å². The summed E-state index contributed by atoms with van der Waals surface area (Å²) in [5.74, 6) is 0. The minimum Gasteiger partial charge on any atom is -0.213 e. The largest absolute Gasteiger partial charge is 0.213 e. The molecule has 0 aliphatic carbocycles. The molecule has 0 aromatic rings. The predicted octanol–water partition coefficient (Wildman–Crippen LogP) is -0.298. The van der Waals surface area contributed by atoms with Crippen LogP contribution >= 0.6 is 0 Å². The van der Waals surface area contributed by atoms with Crippen LogP contribution in [-0.2, 0) is 0 Å². The van der Waals surface area contributed by atoms with Crippen molar-refractivity contribution in [2.24, 2.45) is 10.3 Å². The molecule has 8 heavy (non-hydrogen) atoms. The zero-order valence-corrected chi connectivity index (χ0v) is 4.68. The standard InChI is InChI=1S/C3H9N5/c1-2-3-4-6-8-7-5-3/h3H,2H2,1H3,(H,6,7)(H2,4,5,8). The van der Waals surface area contributed by atoms with Crippen LogP contribution in [0.2, 0.25) is 0 Å². The topological polar surface area (TPSA) is 60.8 Å². The average molecular weight is 115 g/mol. The van der Waals surface area contributed by atoms with Crippen molar-refractivity contribution in [1.82, 2.24) is 16.5 Å². The Labute approximate surface area is 47.5 Å². The summed E-state index contributed by atoms with van der Waals surface area (Å²) in [6.45, 7) is 2.03. The van der Waals surface area contributed by atoms with Gasteiger partial charge in [0.05, 0.1) is 0 Å². The highest BCUT2D eigenvalue weighted by Crippen LogP contribution is 1.91. The molecule has 0 saturated heterocycles. The normalized spacial score (nSPS) is 27.4. The summed E-state index contributed by atoms with van der Waals surface area (Å²) in [5, 5.41) is 7.32. The summed E-state index contributed by atoms with van der Waals surface area (Å²) in [7, 11) is 0. The first kappa shape index (κ1) is 5.46. The van der Waals surface area contributed by atoms with Crippen molar-refractivity contribution in [3.8, 4) is 0 Å². The molecule has 46 valence electrons. The number of hydrazine groups is 2. The number of nitrogens with one attached hydrogen (secondary N) is 3. The van der Waals surface area contributed by atoms with E-state index in [1.165, 1.54) is 0 Å². The molecule has 0 amide bonds. The predicted molar refractivity (Wildman–Crippen MR) is 28.3 cm³/mol. The van der Waals surface area contributed by atoms with Crippen molar-refractivity contribution < 1.29 is 0 Å². The first-order chi connectivity index (χ1) is 3.93. The van der Waals surface area contributed by atoms with E-state index in [1.54, 1.807) is 0 Å². The van der Waals surface area contributed by atoms with Gasteiger partial charge in [-0.15, -0.1) is 5.11 Å². The number of nitrogens with zero attached hydrogens (tertiary/aromatic N) is 2. The second kappa shape index (κ2) is 2.58. The summed E-state index contributed by atoms with van der Waals surface area (Å²) in [5.41, 5.74) is 7.92. The Balaban J connectivity index is 2.32. The van der Waals surface area contributed by atoms with Gasteiger partial charge in [0.15, 0.2) is 0 Å². The van der Waals surface area contributed by atoms with Crippen molar-refractivity contribution in [1.29, 1.82) is 0 Å². The molecule has 1 aliphatic heterocycles. The van der Waals surface area contributed by atoms with Gasteiger partial charge in [-0.1, -0.05) is 12.1 Å². The maximum absolute atomic E-state index is 3.79. The first-order valence-corrected chi connectivity index (χ1v) is 2.59. The van der Waals surface area contributed by atoms with E-state index in [0.29, 0.717) is 0 Å². The summed E-state index contributed by atoms with van der Waals surface area (Å²) in [4.78, 5) is 0. The smallest absolute Gasteiger partial charge is 0.136 e. The van der Waals surface area contributed by atoms with E-state index in [4.69, 9.17) is 0 Å². The van der Waals surface area contributed by atoms with Crippen molar-refractivity contribution in [3.63, 3.8) is 0 Å². The van der Waals surface area contributed by atoms with Crippen LogP contribution in [0.15, 0.2) is 10.3 Å². The van der Waals surface area contributed by atoms with Gasteiger partial charge in [-0.3, -0.25) is 0 Å². The Morgan fingerprint density at radius 1 is 1.62 bits per heavy atom. The second-order valence-corrected chi connectivity index (χ2v) is 1.52. The summed E-state index contributed by atoms with van der Waals surface area (Å²) in [6, 6.07) is 0. The maximum atomic E-state index is 3.79. The van der Waals surface area contributed by atoms with E-state index in [9.17, 15) is 0 Å². The third-order valence-electron chi connectivity index (χ3n) is 0.929. The van der Waals surface area contributed by atoms with E-state index in [0.717, 1.165) is 6.42 Å². The first-order valence-electron chi connectivity index (χ1n) is 2.59. The monoisotopic (exact) mass is 115 g/mol. The van der Waals surface area contributed by atoms with Crippen LogP contribution in [0.25, 0.3) is 0 Å². The molecule has 0 aromatic heterocycles. The minimum atomic E-state index is 0.122. The fourth-order valence-corrected chi connectivity index (χ4v) is 0.452. The molecule has 0 spiro atoms. The van der Waals surface area contributed by atoms with Crippen LogP contribution in [0.3, 0.4) is 0 Å². The molecule has 1 unspecified atom stereocenters. The van der Waals surface area contributed by atoms with Gasteiger partial charge < -0.3 is 0 Å². The number of rotatable bonds is 1. The van der Waals surface area contributed by atoms with Gasteiger partial charge in [0, 0.05) is 0 Å². The molecule has 0 saturated carbocycles. The molecule has 0 fully saturated rings. The quantitative estimate of drug-likeness (QED) is 0.439. The molecule has 0 bridgehead atoms. The third kappa shape index (κ3) is 1.14. The lowest BCUT2D eigenvalue weighted by Gasteiger charge is -2.15. The Morgan fingerprint density at radius 3 is 2.88 bits per heavy atom. The maximum Gasteiger partial charge on any atom is 0.136 e. The van der Waals surface area contributed by atoms with E-state index < -0.39 is 0 Å². The van der Waals surface area contributed by atoms with Crippen LogP contribution < -0.4 is 16.5 Å². The molecule has 1 atom stereocenters. The molecule has 3 N–H and O–H groups in total. The Bertz CT molecular complexity index is 89.7. The lowest BCUT2D eigenvalue weighted by Crippen LogP contribution is -2.48. The minimum absolute atomic E-state index is 0.122. The van der Waals surface area contributed by atoms with Crippen LogP contribution in [-0.4, -0.2) is 6.17 Å². The van der Waals surface area contributed by atoms with Crippen LogP contribution in [0.4, 0.5) is 0 Å². The molecular formula is C3H9N5. The van der Waals surface area contributed by atoms with Crippen LogP contribution in [0.5, 0.6) is 0 Å². The molecule has 0 aromatic carbocycles. The van der Waals surface area contributed by atoms with Gasteiger partial charge in [-0.05, 0) is 6.42 Å². The average Bonchev–Trinajstić information content (AvgIpc) is 1.90.